The van der Waals surface area contributed by atoms with Crippen LogP contribution in [-0.4, -0.2) is 10.2 Å². The molecule has 0 aliphatic carbocycles. The summed E-state index contributed by atoms with van der Waals surface area (Å²) in [6.45, 7) is 2.55. The van der Waals surface area contributed by atoms with E-state index in [9.17, 15) is 4.79 Å². The van der Waals surface area contributed by atoms with E-state index in [0.717, 1.165) is 27.8 Å². The van der Waals surface area contributed by atoms with Crippen molar-refractivity contribution < 1.29 is 0 Å². The highest BCUT2D eigenvalue weighted by Crippen LogP contribution is 2.25. The highest BCUT2D eigenvalue weighted by atomic mass is 16.1. The quantitative estimate of drug-likeness (QED) is 0.747. The predicted molar refractivity (Wildman–Crippen MR) is 80.4 cm³/mol. The molecular formula is C16H15N3O. The van der Waals surface area contributed by atoms with Crippen molar-refractivity contribution >= 4 is 10.8 Å². The molecule has 0 aliphatic heterocycles. The lowest BCUT2D eigenvalue weighted by atomic mass is 10.0. The summed E-state index contributed by atoms with van der Waals surface area (Å²) >= 11 is 0. The number of H-pyrrole nitrogens is 1. The maximum Gasteiger partial charge on any atom is 0.272 e. The Balaban J connectivity index is 2.27. The molecule has 1 heterocycles. The highest BCUT2D eigenvalue weighted by molar-refractivity contribution is 5.93. The molecule has 0 radical (unpaired) electrons. The molecule has 3 rings (SSSR count). The third-order valence-electron chi connectivity index (χ3n) is 3.53. The van der Waals surface area contributed by atoms with Crippen LogP contribution in [0.4, 0.5) is 0 Å². The molecule has 2 aromatic carbocycles. The molecule has 0 amide bonds. The van der Waals surface area contributed by atoms with Crippen molar-refractivity contribution in [3.05, 3.63) is 63.9 Å². The fraction of sp³-hybridized carbons (Fsp3) is 0.125. The van der Waals surface area contributed by atoms with Crippen molar-refractivity contribution in [2.45, 2.75) is 13.5 Å². The van der Waals surface area contributed by atoms with Crippen LogP contribution in [0.5, 0.6) is 0 Å². The maximum atomic E-state index is 11.8. The van der Waals surface area contributed by atoms with E-state index in [1.807, 2.05) is 37.3 Å². The fourth-order valence-corrected chi connectivity index (χ4v) is 2.41. The molecule has 4 nitrogen and oxygen atoms in total. The largest absolute Gasteiger partial charge is 0.326 e. The first-order valence-corrected chi connectivity index (χ1v) is 6.48. The first-order chi connectivity index (χ1) is 9.70. The summed E-state index contributed by atoms with van der Waals surface area (Å²) in [5.41, 5.74) is 9.52. The Morgan fingerprint density at radius 2 is 1.90 bits per heavy atom. The van der Waals surface area contributed by atoms with Crippen LogP contribution >= 0.6 is 0 Å². The number of nitrogens with zero attached hydrogens (tertiary/aromatic N) is 1. The minimum Gasteiger partial charge on any atom is -0.326 e. The molecule has 4 heteroatoms. The minimum absolute atomic E-state index is 0.167. The molecule has 0 atom stereocenters. The van der Waals surface area contributed by atoms with Gasteiger partial charge < -0.3 is 5.73 Å². The lowest BCUT2D eigenvalue weighted by molar-refractivity contribution is 1.01. The van der Waals surface area contributed by atoms with E-state index < -0.39 is 0 Å². The van der Waals surface area contributed by atoms with Gasteiger partial charge in [-0.3, -0.25) is 4.79 Å². The molecule has 0 saturated carbocycles. The molecule has 0 fully saturated rings. The standard InChI is InChI=1S/C16H15N3O/c1-10-8-11(6-7-12(10)9-17)15-13-4-2-3-5-14(13)16(20)19-18-15/h2-8H,9,17H2,1H3,(H,19,20). The molecule has 20 heavy (non-hydrogen) atoms. The van der Waals surface area contributed by atoms with Crippen molar-refractivity contribution in [1.82, 2.24) is 10.2 Å². The van der Waals surface area contributed by atoms with E-state index in [1.54, 1.807) is 6.07 Å². The predicted octanol–water partition coefficient (Wildman–Crippen LogP) is 2.36. The molecule has 0 saturated heterocycles. The normalized spacial score (nSPS) is 10.9. The van der Waals surface area contributed by atoms with Gasteiger partial charge >= 0.3 is 0 Å². The Kier molecular flexibility index (Phi) is 3.08. The molecule has 0 aliphatic rings. The van der Waals surface area contributed by atoms with Crippen LogP contribution in [0.3, 0.4) is 0 Å². The third kappa shape index (κ3) is 2.00. The summed E-state index contributed by atoms with van der Waals surface area (Å²) in [6, 6.07) is 13.5. The van der Waals surface area contributed by atoms with Gasteiger partial charge in [0, 0.05) is 17.5 Å². The first-order valence-electron chi connectivity index (χ1n) is 6.48. The third-order valence-corrected chi connectivity index (χ3v) is 3.53. The van der Waals surface area contributed by atoms with E-state index in [0.29, 0.717) is 11.9 Å². The monoisotopic (exact) mass is 265 g/mol. The van der Waals surface area contributed by atoms with E-state index in [4.69, 9.17) is 5.73 Å². The number of nitrogens with two attached hydrogens (primary N) is 1. The van der Waals surface area contributed by atoms with Crippen molar-refractivity contribution in [3.63, 3.8) is 0 Å². The minimum atomic E-state index is -0.167. The zero-order valence-electron chi connectivity index (χ0n) is 11.2. The maximum absolute atomic E-state index is 11.8. The van der Waals surface area contributed by atoms with Crippen LogP contribution in [-0.2, 0) is 6.54 Å². The first kappa shape index (κ1) is 12.6. The molecule has 0 spiro atoms. The van der Waals surface area contributed by atoms with Crippen LogP contribution in [0.15, 0.2) is 47.3 Å². The highest BCUT2D eigenvalue weighted by Gasteiger charge is 2.09. The second kappa shape index (κ2) is 4.90. The van der Waals surface area contributed by atoms with Gasteiger partial charge in [0.15, 0.2) is 0 Å². The Bertz CT molecular complexity index is 836. The number of nitrogens with one attached hydrogen (secondary N) is 1. The van der Waals surface area contributed by atoms with Gasteiger partial charge in [0.25, 0.3) is 5.56 Å². The van der Waals surface area contributed by atoms with Crippen LogP contribution in [0.25, 0.3) is 22.0 Å². The summed E-state index contributed by atoms with van der Waals surface area (Å²) in [5, 5.41) is 8.27. The summed E-state index contributed by atoms with van der Waals surface area (Å²) in [4.78, 5) is 11.8. The van der Waals surface area contributed by atoms with Gasteiger partial charge in [-0.15, -0.1) is 0 Å². The number of hydrogen-bond acceptors (Lipinski definition) is 3. The Morgan fingerprint density at radius 1 is 1.15 bits per heavy atom. The number of benzene rings is 2. The van der Waals surface area contributed by atoms with Crippen molar-refractivity contribution in [2.75, 3.05) is 0 Å². The lowest BCUT2D eigenvalue weighted by Crippen LogP contribution is -2.09. The number of aromatic nitrogens is 2. The molecule has 1 aromatic heterocycles. The van der Waals surface area contributed by atoms with Gasteiger partial charge in [0.1, 0.15) is 0 Å². The van der Waals surface area contributed by atoms with Crippen molar-refractivity contribution in [1.29, 1.82) is 0 Å². The SMILES string of the molecule is Cc1cc(-c2n[nH]c(=O)c3ccccc23)ccc1CN. The molecule has 3 aromatic rings. The Hall–Kier alpha value is -2.46. The second-order valence-electron chi connectivity index (χ2n) is 4.79. The van der Waals surface area contributed by atoms with Crippen LogP contribution in [0.1, 0.15) is 11.1 Å². The average Bonchev–Trinajstić information content (AvgIpc) is 2.48. The van der Waals surface area contributed by atoms with E-state index in [1.165, 1.54) is 0 Å². The zero-order chi connectivity index (χ0) is 14.1. The van der Waals surface area contributed by atoms with Crippen LogP contribution in [0, 0.1) is 6.92 Å². The summed E-state index contributed by atoms with van der Waals surface area (Å²) in [5.74, 6) is 0. The fourth-order valence-electron chi connectivity index (χ4n) is 2.41. The number of hydrogen-bond donors (Lipinski definition) is 2. The van der Waals surface area contributed by atoms with Gasteiger partial charge in [0.2, 0.25) is 0 Å². The number of rotatable bonds is 2. The molecule has 0 unspecified atom stereocenters. The van der Waals surface area contributed by atoms with Crippen molar-refractivity contribution in [3.8, 4) is 11.3 Å². The van der Waals surface area contributed by atoms with Gasteiger partial charge in [-0.25, -0.2) is 5.10 Å². The summed E-state index contributed by atoms with van der Waals surface area (Å²) < 4.78 is 0. The smallest absolute Gasteiger partial charge is 0.272 e. The van der Waals surface area contributed by atoms with E-state index in [2.05, 4.69) is 16.3 Å². The van der Waals surface area contributed by atoms with Gasteiger partial charge in [-0.05, 0) is 30.2 Å². The molecule has 0 bridgehead atoms. The van der Waals surface area contributed by atoms with Gasteiger partial charge in [-0.2, -0.15) is 5.10 Å². The number of aryl methyl sites for hydroxylation is 1. The van der Waals surface area contributed by atoms with E-state index >= 15 is 0 Å². The summed E-state index contributed by atoms with van der Waals surface area (Å²) in [6.07, 6.45) is 0. The Labute approximate surface area is 116 Å². The lowest BCUT2D eigenvalue weighted by Gasteiger charge is -2.08. The zero-order valence-corrected chi connectivity index (χ0v) is 11.2. The van der Waals surface area contributed by atoms with E-state index in [-0.39, 0.29) is 5.56 Å². The van der Waals surface area contributed by atoms with Crippen molar-refractivity contribution in [2.24, 2.45) is 5.73 Å². The van der Waals surface area contributed by atoms with Crippen LogP contribution in [0.2, 0.25) is 0 Å². The van der Waals surface area contributed by atoms with Gasteiger partial charge in [0.05, 0.1) is 11.1 Å². The summed E-state index contributed by atoms with van der Waals surface area (Å²) in [7, 11) is 0. The second-order valence-corrected chi connectivity index (χ2v) is 4.79. The number of fused-ring (bicyclic) bond motifs is 1. The van der Waals surface area contributed by atoms with Gasteiger partial charge in [-0.1, -0.05) is 30.3 Å². The molecule has 3 N–H and O–H groups in total. The van der Waals surface area contributed by atoms with Crippen LogP contribution < -0.4 is 11.3 Å². The Morgan fingerprint density at radius 3 is 2.60 bits per heavy atom. The molecular weight excluding hydrogens is 250 g/mol. The average molecular weight is 265 g/mol. The topological polar surface area (TPSA) is 71.8 Å². The number of aromatic amines is 1. The molecule has 100 valence electrons.